The highest BCUT2D eigenvalue weighted by Gasteiger charge is 2.51. The van der Waals surface area contributed by atoms with Gasteiger partial charge in [0.25, 0.3) is 5.72 Å². The molecule has 0 saturated carbocycles. The quantitative estimate of drug-likeness (QED) is 0.310. The van der Waals surface area contributed by atoms with Gasteiger partial charge in [-0.1, -0.05) is 50.2 Å². The minimum atomic E-state index is -0.514. The van der Waals surface area contributed by atoms with E-state index in [1.807, 2.05) is 7.11 Å². The molecule has 1 unspecified atom stereocenters. The molecule has 2 nitrogen and oxygen atoms in total. The summed E-state index contributed by atoms with van der Waals surface area (Å²) in [6.45, 7) is 8.92. The topological polar surface area (TPSA) is 13.1 Å². The summed E-state index contributed by atoms with van der Waals surface area (Å²) in [5, 5.41) is 2.64. The molecule has 0 radical (unpaired) electrons. The molecule has 0 spiro atoms. The van der Waals surface area contributed by atoms with E-state index in [1.165, 1.54) is 61.0 Å². The largest absolute Gasteiger partial charge is 0.318 e. The van der Waals surface area contributed by atoms with Crippen molar-refractivity contribution < 1.29 is 9.30 Å². The first-order valence-corrected chi connectivity index (χ1v) is 10.8. The van der Waals surface area contributed by atoms with Crippen LogP contribution in [0.25, 0.3) is 44.3 Å². The first kappa shape index (κ1) is 17.9. The third-order valence-electron chi connectivity index (χ3n) is 7.12. The fourth-order valence-corrected chi connectivity index (χ4v) is 5.49. The summed E-state index contributed by atoms with van der Waals surface area (Å²) in [6, 6.07) is 20.6. The first-order chi connectivity index (χ1) is 14.4. The molecule has 1 aliphatic carbocycles. The lowest BCUT2D eigenvalue weighted by Gasteiger charge is -2.21. The predicted octanol–water partition coefficient (Wildman–Crippen LogP) is 6.55. The highest BCUT2D eigenvalue weighted by atomic mass is 16.5. The smallest absolute Gasteiger partial charge is 0.297 e. The number of hydrogen-bond acceptors (Lipinski definition) is 1. The summed E-state index contributed by atoms with van der Waals surface area (Å²) < 4.78 is 8.53. The molecule has 3 aromatic carbocycles. The van der Waals surface area contributed by atoms with E-state index in [0.717, 1.165) is 0 Å². The maximum absolute atomic E-state index is 6.19. The maximum Gasteiger partial charge on any atom is 0.297 e. The van der Waals surface area contributed by atoms with Crippen molar-refractivity contribution in [2.45, 2.75) is 39.3 Å². The summed E-state index contributed by atoms with van der Waals surface area (Å²) in [7, 11) is 1.82. The van der Waals surface area contributed by atoms with E-state index in [0.29, 0.717) is 5.92 Å². The SMILES string of the molecule is COC1(C)c2cc(C)cc3c2-c2c4c(cc(C(C)C)cc4cc[n+]21)-c1ccccc1-3. The number of hydrogen-bond donors (Lipinski definition) is 0. The number of benzene rings is 3. The summed E-state index contributed by atoms with van der Waals surface area (Å²) in [5.41, 5.74) is 11.3. The second kappa shape index (κ2) is 5.80. The van der Waals surface area contributed by atoms with E-state index in [1.54, 1.807) is 0 Å². The van der Waals surface area contributed by atoms with Gasteiger partial charge >= 0.3 is 0 Å². The average Bonchev–Trinajstić information content (AvgIpc) is 2.93. The monoisotopic (exact) mass is 392 g/mol. The van der Waals surface area contributed by atoms with Gasteiger partial charge in [0.2, 0.25) is 5.69 Å². The molecule has 0 fully saturated rings. The minimum absolute atomic E-state index is 0.478. The average molecular weight is 393 g/mol. The number of fused-ring (bicyclic) bond motifs is 3. The van der Waals surface area contributed by atoms with Gasteiger partial charge < -0.3 is 4.74 Å². The highest BCUT2D eigenvalue weighted by Crippen LogP contribution is 2.53. The lowest BCUT2D eigenvalue weighted by Crippen LogP contribution is -2.53. The van der Waals surface area contributed by atoms with Crippen LogP contribution >= 0.6 is 0 Å². The summed E-state index contributed by atoms with van der Waals surface area (Å²) >= 11 is 0. The van der Waals surface area contributed by atoms with Crippen LogP contribution in [0.5, 0.6) is 0 Å². The van der Waals surface area contributed by atoms with Gasteiger partial charge in [-0.15, -0.1) is 0 Å². The van der Waals surface area contributed by atoms with Crippen LogP contribution in [0.3, 0.4) is 0 Å². The summed E-state index contributed by atoms with van der Waals surface area (Å²) in [6.07, 6.45) is 2.21. The van der Waals surface area contributed by atoms with Crippen molar-refractivity contribution >= 4 is 10.8 Å². The summed E-state index contributed by atoms with van der Waals surface area (Å²) in [4.78, 5) is 0. The van der Waals surface area contributed by atoms with E-state index in [9.17, 15) is 0 Å². The molecule has 0 saturated heterocycles. The Kier molecular flexibility index (Phi) is 3.45. The minimum Gasteiger partial charge on any atom is -0.318 e. The second-order valence-corrected chi connectivity index (χ2v) is 9.19. The van der Waals surface area contributed by atoms with Crippen LogP contribution in [0.2, 0.25) is 0 Å². The third kappa shape index (κ3) is 2.05. The van der Waals surface area contributed by atoms with Crippen LogP contribution in [0.15, 0.2) is 60.8 Å². The lowest BCUT2D eigenvalue weighted by molar-refractivity contribution is -0.777. The van der Waals surface area contributed by atoms with Crippen LogP contribution in [0.1, 0.15) is 43.4 Å². The molecule has 6 rings (SSSR count). The van der Waals surface area contributed by atoms with Gasteiger partial charge in [-0.25, -0.2) is 0 Å². The zero-order valence-corrected chi connectivity index (χ0v) is 18.2. The van der Waals surface area contributed by atoms with Crippen LogP contribution in [-0.4, -0.2) is 7.11 Å². The van der Waals surface area contributed by atoms with Gasteiger partial charge in [0.05, 0.1) is 16.5 Å². The van der Waals surface area contributed by atoms with Gasteiger partial charge in [-0.05, 0) is 63.7 Å². The van der Waals surface area contributed by atoms with Crippen molar-refractivity contribution in [2.24, 2.45) is 0 Å². The maximum atomic E-state index is 6.19. The van der Waals surface area contributed by atoms with E-state index >= 15 is 0 Å². The molecule has 2 heterocycles. The normalized spacial score (nSPS) is 18.1. The highest BCUT2D eigenvalue weighted by molar-refractivity contribution is 6.12. The molecule has 1 atom stereocenters. The Morgan fingerprint density at radius 1 is 0.900 bits per heavy atom. The number of methoxy groups -OCH3 is 1. The Morgan fingerprint density at radius 2 is 1.63 bits per heavy atom. The standard InChI is InChI=1S/C28H26NO/c1-16(2)19-14-18-10-11-29-27-25(18)23(15-19)21-9-7-6-8-20(21)22-12-17(3)13-24(26(22)27)28(29,4)30-5/h6-16H,1-5H3/q+1. The van der Waals surface area contributed by atoms with Crippen molar-refractivity contribution in [1.29, 1.82) is 0 Å². The number of aromatic nitrogens is 1. The Hall–Kier alpha value is -2.97. The van der Waals surface area contributed by atoms with Crippen LogP contribution in [0, 0.1) is 6.92 Å². The van der Waals surface area contributed by atoms with E-state index in [-0.39, 0.29) is 0 Å². The van der Waals surface area contributed by atoms with Crippen molar-refractivity contribution in [1.82, 2.24) is 0 Å². The van der Waals surface area contributed by atoms with Gasteiger partial charge in [0, 0.05) is 20.1 Å². The van der Waals surface area contributed by atoms with E-state index in [2.05, 4.69) is 93.1 Å². The molecule has 0 bridgehead atoms. The Bertz CT molecular complexity index is 1380. The molecule has 1 aromatic heterocycles. The van der Waals surface area contributed by atoms with Crippen molar-refractivity contribution in [3.05, 3.63) is 77.5 Å². The molecule has 0 N–H and O–H groups in total. The number of aryl methyl sites for hydroxylation is 1. The second-order valence-electron chi connectivity index (χ2n) is 9.19. The molecule has 2 heteroatoms. The molecule has 4 aromatic rings. The first-order valence-electron chi connectivity index (χ1n) is 10.8. The van der Waals surface area contributed by atoms with Crippen LogP contribution in [-0.2, 0) is 10.5 Å². The van der Waals surface area contributed by atoms with Gasteiger partial charge in [-0.3, -0.25) is 0 Å². The molecular weight excluding hydrogens is 366 g/mol. The summed E-state index contributed by atoms with van der Waals surface area (Å²) in [5.74, 6) is 0.478. The molecule has 30 heavy (non-hydrogen) atoms. The Morgan fingerprint density at radius 3 is 2.33 bits per heavy atom. The van der Waals surface area contributed by atoms with Gasteiger partial charge in [0.15, 0.2) is 6.20 Å². The van der Waals surface area contributed by atoms with Crippen LogP contribution in [0.4, 0.5) is 0 Å². The molecule has 148 valence electrons. The zero-order valence-electron chi connectivity index (χ0n) is 18.2. The van der Waals surface area contributed by atoms with Crippen LogP contribution < -0.4 is 4.57 Å². The fourth-order valence-electron chi connectivity index (χ4n) is 5.49. The Labute approximate surface area is 177 Å². The molecule has 2 aliphatic rings. The fraction of sp³-hybridized carbons (Fsp3) is 0.250. The number of pyridine rings is 1. The molecule has 0 amide bonds. The number of ether oxygens (including phenoxy) is 1. The third-order valence-corrected chi connectivity index (χ3v) is 7.12. The number of nitrogens with zero attached hydrogens (tertiary/aromatic N) is 1. The molecular formula is C28H26NO+. The lowest BCUT2D eigenvalue weighted by atomic mass is 9.88. The number of rotatable bonds is 2. The predicted molar refractivity (Wildman–Crippen MR) is 123 cm³/mol. The van der Waals surface area contributed by atoms with Crippen molar-refractivity contribution in [3.63, 3.8) is 0 Å². The van der Waals surface area contributed by atoms with Gasteiger partial charge in [-0.2, -0.15) is 4.57 Å². The van der Waals surface area contributed by atoms with E-state index in [4.69, 9.17) is 4.74 Å². The van der Waals surface area contributed by atoms with Gasteiger partial charge in [0.1, 0.15) is 0 Å². The van der Waals surface area contributed by atoms with Crippen molar-refractivity contribution in [3.8, 4) is 33.5 Å². The van der Waals surface area contributed by atoms with E-state index < -0.39 is 5.72 Å². The zero-order chi connectivity index (χ0) is 20.8. The molecule has 1 aliphatic heterocycles. The Balaban J connectivity index is 1.92. The van der Waals surface area contributed by atoms with Crippen molar-refractivity contribution in [2.75, 3.05) is 7.11 Å².